The minimum absolute atomic E-state index is 0.209. The maximum atomic E-state index is 4.95. The summed E-state index contributed by atoms with van der Waals surface area (Å²) in [5.41, 5.74) is 7.90. The van der Waals surface area contributed by atoms with Crippen molar-refractivity contribution < 1.29 is 0 Å². The van der Waals surface area contributed by atoms with Gasteiger partial charge in [0.25, 0.3) is 0 Å². The highest BCUT2D eigenvalue weighted by molar-refractivity contribution is 5.92. The summed E-state index contributed by atoms with van der Waals surface area (Å²) in [7, 11) is 4.03. The molecule has 1 saturated carbocycles. The summed E-state index contributed by atoms with van der Waals surface area (Å²) in [6.45, 7) is 4.14. The molecule has 3 aromatic rings. The van der Waals surface area contributed by atoms with E-state index in [0.717, 1.165) is 28.8 Å². The molecule has 0 amide bonds. The zero-order chi connectivity index (χ0) is 18.7. The molecule has 138 valence electrons. The number of aryl methyl sites for hydroxylation is 3. The molecule has 6 heteroatoms. The van der Waals surface area contributed by atoms with Crippen molar-refractivity contribution in [1.29, 1.82) is 0 Å². The summed E-state index contributed by atoms with van der Waals surface area (Å²) >= 11 is 0. The van der Waals surface area contributed by atoms with Gasteiger partial charge in [-0.3, -0.25) is 14.7 Å². The lowest BCUT2D eigenvalue weighted by Gasteiger charge is -2.18. The van der Waals surface area contributed by atoms with Crippen LogP contribution in [0.5, 0.6) is 0 Å². The Bertz CT molecular complexity index is 1070. The molecule has 0 spiro atoms. The lowest BCUT2D eigenvalue weighted by atomic mass is 10.0. The number of hydrogen-bond donors (Lipinski definition) is 0. The first-order valence-corrected chi connectivity index (χ1v) is 9.53. The van der Waals surface area contributed by atoms with E-state index >= 15 is 0 Å². The Morgan fingerprint density at radius 1 is 1.07 bits per heavy atom. The maximum Gasteiger partial charge on any atom is 0.0940 e. The normalized spacial score (nSPS) is 24.5. The van der Waals surface area contributed by atoms with Gasteiger partial charge in [0, 0.05) is 44.0 Å². The molecule has 1 aliphatic heterocycles. The lowest BCUT2D eigenvalue weighted by Crippen LogP contribution is -2.15. The number of fused-ring (bicyclic) bond motifs is 1. The van der Waals surface area contributed by atoms with Crippen LogP contribution in [0, 0.1) is 19.8 Å². The Morgan fingerprint density at radius 2 is 1.93 bits per heavy atom. The zero-order valence-electron chi connectivity index (χ0n) is 16.2. The van der Waals surface area contributed by atoms with Crippen molar-refractivity contribution in [1.82, 2.24) is 24.8 Å². The minimum atomic E-state index is 0.209. The summed E-state index contributed by atoms with van der Waals surface area (Å²) in [6.07, 6.45) is 6.25. The fourth-order valence-electron chi connectivity index (χ4n) is 4.36. The van der Waals surface area contributed by atoms with E-state index in [1.54, 1.807) is 0 Å². The molecule has 0 radical (unpaired) electrons. The van der Waals surface area contributed by atoms with Gasteiger partial charge in [0.1, 0.15) is 0 Å². The molecule has 1 aliphatic carbocycles. The predicted molar refractivity (Wildman–Crippen MR) is 106 cm³/mol. The summed E-state index contributed by atoms with van der Waals surface area (Å²) in [5.74, 6) is 1.12. The number of rotatable bonds is 3. The topological polar surface area (TPSA) is 59.2 Å². The standard InChI is InChI=1S/C21H24N6/c1-12-7-13(2)23-18-6-5-17(24-21(12)18)20-9-19(25-27(20)4)16-8-15(16)14-10-22-26(3)11-14/h5-7,10-11,15-16,20H,8-9H2,1-4H3. The van der Waals surface area contributed by atoms with E-state index in [1.165, 1.54) is 23.3 Å². The molecule has 27 heavy (non-hydrogen) atoms. The third-order valence-corrected chi connectivity index (χ3v) is 5.84. The second-order valence-corrected chi connectivity index (χ2v) is 7.97. The molecule has 1 fully saturated rings. The fourth-order valence-corrected chi connectivity index (χ4v) is 4.36. The summed E-state index contributed by atoms with van der Waals surface area (Å²) in [5, 5.41) is 11.3. The summed E-state index contributed by atoms with van der Waals surface area (Å²) < 4.78 is 1.88. The van der Waals surface area contributed by atoms with Gasteiger partial charge in [-0.25, -0.2) is 4.98 Å². The first kappa shape index (κ1) is 16.4. The Balaban J connectivity index is 1.38. The van der Waals surface area contributed by atoms with Crippen LogP contribution in [-0.4, -0.2) is 37.5 Å². The Kier molecular flexibility index (Phi) is 3.57. The highest BCUT2D eigenvalue weighted by atomic mass is 15.5. The second-order valence-electron chi connectivity index (χ2n) is 7.97. The average Bonchev–Trinajstić information content (AvgIpc) is 3.16. The Morgan fingerprint density at radius 3 is 2.70 bits per heavy atom. The maximum absolute atomic E-state index is 4.95. The Labute approximate surface area is 158 Å². The smallest absolute Gasteiger partial charge is 0.0940 e. The van der Waals surface area contributed by atoms with Crippen LogP contribution in [0.15, 0.2) is 35.7 Å². The molecule has 3 atom stereocenters. The van der Waals surface area contributed by atoms with Crippen molar-refractivity contribution >= 4 is 16.7 Å². The van der Waals surface area contributed by atoms with Gasteiger partial charge in [-0.1, -0.05) is 0 Å². The van der Waals surface area contributed by atoms with E-state index in [4.69, 9.17) is 10.1 Å². The monoisotopic (exact) mass is 360 g/mol. The molecule has 4 heterocycles. The molecule has 0 saturated heterocycles. The van der Waals surface area contributed by atoms with Crippen LogP contribution in [0.25, 0.3) is 11.0 Å². The van der Waals surface area contributed by atoms with Gasteiger partial charge in [0.05, 0.1) is 29.0 Å². The number of hydrazone groups is 1. The number of pyridine rings is 2. The van der Waals surface area contributed by atoms with E-state index in [9.17, 15) is 0 Å². The van der Waals surface area contributed by atoms with Crippen molar-refractivity contribution in [2.75, 3.05) is 7.05 Å². The van der Waals surface area contributed by atoms with E-state index in [-0.39, 0.29) is 6.04 Å². The van der Waals surface area contributed by atoms with Crippen LogP contribution in [-0.2, 0) is 7.05 Å². The Hall–Kier alpha value is -2.76. The molecule has 0 N–H and O–H groups in total. The SMILES string of the molecule is Cc1cc(C)c2nc(C3CC(C4CC4c4cnn(C)c4)=NN3C)ccc2n1. The van der Waals surface area contributed by atoms with Gasteiger partial charge in [0.15, 0.2) is 0 Å². The average molecular weight is 360 g/mol. The van der Waals surface area contributed by atoms with Gasteiger partial charge in [-0.15, -0.1) is 0 Å². The number of aromatic nitrogens is 4. The van der Waals surface area contributed by atoms with Crippen molar-refractivity contribution in [3.8, 4) is 0 Å². The molecule has 3 aromatic heterocycles. The quantitative estimate of drug-likeness (QED) is 0.717. The highest BCUT2D eigenvalue weighted by Crippen LogP contribution is 2.51. The van der Waals surface area contributed by atoms with Crippen molar-refractivity contribution in [3.63, 3.8) is 0 Å². The first-order chi connectivity index (χ1) is 13.0. The molecule has 0 aromatic carbocycles. The number of nitrogens with zero attached hydrogens (tertiary/aromatic N) is 6. The molecular formula is C21H24N6. The van der Waals surface area contributed by atoms with Crippen LogP contribution in [0.2, 0.25) is 0 Å². The van der Waals surface area contributed by atoms with Gasteiger partial charge < -0.3 is 0 Å². The van der Waals surface area contributed by atoms with Crippen LogP contribution < -0.4 is 0 Å². The molecule has 3 unspecified atom stereocenters. The fraction of sp³-hybridized carbons (Fsp3) is 0.429. The molecule has 6 nitrogen and oxygen atoms in total. The molecule has 0 bridgehead atoms. The largest absolute Gasteiger partial charge is 0.291 e. The van der Waals surface area contributed by atoms with Crippen LogP contribution in [0.3, 0.4) is 0 Å². The van der Waals surface area contributed by atoms with E-state index in [1.807, 2.05) is 24.9 Å². The van der Waals surface area contributed by atoms with Gasteiger partial charge in [0.2, 0.25) is 0 Å². The predicted octanol–water partition coefficient (Wildman–Crippen LogP) is 3.52. The first-order valence-electron chi connectivity index (χ1n) is 9.53. The third-order valence-electron chi connectivity index (χ3n) is 5.84. The second kappa shape index (κ2) is 5.87. The molecule has 5 rings (SSSR count). The highest BCUT2D eigenvalue weighted by Gasteiger charge is 2.45. The zero-order valence-corrected chi connectivity index (χ0v) is 16.2. The van der Waals surface area contributed by atoms with Crippen LogP contribution in [0.4, 0.5) is 0 Å². The van der Waals surface area contributed by atoms with Crippen molar-refractivity contribution in [2.45, 2.75) is 38.6 Å². The lowest BCUT2D eigenvalue weighted by molar-refractivity contribution is 0.285. The van der Waals surface area contributed by atoms with E-state index < -0.39 is 0 Å². The third kappa shape index (κ3) is 2.80. The van der Waals surface area contributed by atoms with E-state index in [2.05, 4.69) is 53.5 Å². The molecule has 2 aliphatic rings. The summed E-state index contributed by atoms with van der Waals surface area (Å²) in [6, 6.07) is 6.51. The van der Waals surface area contributed by atoms with Gasteiger partial charge >= 0.3 is 0 Å². The molecular weight excluding hydrogens is 336 g/mol. The number of hydrogen-bond acceptors (Lipinski definition) is 5. The van der Waals surface area contributed by atoms with E-state index in [0.29, 0.717) is 11.8 Å². The van der Waals surface area contributed by atoms with Gasteiger partial charge in [-0.2, -0.15) is 10.2 Å². The van der Waals surface area contributed by atoms with Crippen molar-refractivity contribution in [3.05, 3.63) is 53.1 Å². The van der Waals surface area contributed by atoms with Crippen LogP contribution in [0.1, 0.15) is 47.3 Å². The minimum Gasteiger partial charge on any atom is -0.291 e. The van der Waals surface area contributed by atoms with Crippen LogP contribution >= 0.6 is 0 Å². The van der Waals surface area contributed by atoms with Crippen molar-refractivity contribution in [2.24, 2.45) is 18.1 Å². The summed E-state index contributed by atoms with van der Waals surface area (Å²) in [4.78, 5) is 9.56. The van der Waals surface area contributed by atoms with Gasteiger partial charge in [-0.05, 0) is 55.5 Å².